The van der Waals surface area contributed by atoms with Crippen LogP contribution < -0.4 is 4.74 Å². The molecule has 0 saturated heterocycles. The van der Waals surface area contributed by atoms with E-state index in [2.05, 4.69) is 41.9 Å². The third kappa shape index (κ3) is 3.53. The molecule has 15 heavy (non-hydrogen) atoms. The van der Waals surface area contributed by atoms with Gasteiger partial charge in [-0.25, -0.2) is 0 Å². The van der Waals surface area contributed by atoms with E-state index in [-0.39, 0.29) is 0 Å². The summed E-state index contributed by atoms with van der Waals surface area (Å²) in [5, 5.41) is 1.07. The molecule has 1 rings (SSSR count). The lowest BCUT2D eigenvalue weighted by molar-refractivity contribution is 0.337. The van der Waals surface area contributed by atoms with Crippen molar-refractivity contribution in [3.05, 3.63) is 28.8 Å². The third-order valence-corrected chi connectivity index (χ3v) is 3.07. The van der Waals surface area contributed by atoms with E-state index >= 15 is 0 Å². The first-order valence-electron chi connectivity index (χ1n) is 5.48. The van der Waals surface area contributed by atoms with Gasteiger partial charge in [0.2, 0.25) is 0 Å². The summed E-state index contributed by atoms with van der Waals surface area (Å²) in [4.78, 5) is 0. The van der Waals surface area contributed by atoms with Crippen molar-refractivity contribution < 1.29 is 4.74 Å². The smallest absolute Gasteiger partial charge is 0.122 e. The van der Waals surface area contributed by atoms with Gasteiger partial charge in [0.05, 0.1) is 6.61 Å². The minimum Gasteiger partial charge on any atom is -0.494 e. The Morgan fingerprint density at radius 3 is 2.53 bits per heavy atom. The van der Waals surface area contributed by atoms with Gasteiger partial charge < -0.3 is 4.74 Å². The highest BCUT2D eigenvalue weighted by Crippen LogP contribution is 2.23. The van der Waals surface area contributed by atoms with Crippen molar-refractivity contribution in [2.75, 3.05) is 11.9 Å². The molecule has 2 heteroatoms. The van der Waals surface area contributed by atoms with E-state index in [0.717, 1.165) is 24.1 Å². The highest BCUT2D eigenvalue weighted by molar-refractivity contribution is 9.09. The normalized spacial score (nSPS) is 10.4. The Morgan fingerprint density at radius 1 is 1.20 bits per heavy atom. The second kappa shape index (κ2) is 6.16. The molecule has 0 aliphatic heterocycles. The Balaban J connectivity index is 2.87. The molecule has 0 atom stereocenters. The van der Waals surface area contributed by atoms with Gasteiger partial charge in [0.15, 0.2) is 0 Å². The van der Waals surface area contributed by atoms with Gasteiger partial charge in [-0.3, -0.25) is 0 Å². The zero-order valence-corrected chi connectivity index (χ0v) is 11.4. The fourth-order valence-corrected chi connectivity index (χ4v) is 1.97. The second-order valence-corrected chi connectivity index (χ2v) is 4.56. The highest BCUT2D eigenvalue weighted by Gasteiger charge is 2.04. The summed E-state index contributed by atoms with van der Waals surface area (Å²) in [6.07, 6.45) is 2.33. The minimum absolute atomic E-state index is 0.737. The van der Waals surface area contributed by atoms with Gasteiger partial charge in [0.25, 0.3) is 0 Å². The van der Waals surface area contributed by atoms with Crippen LogP contribution in [0.3, 0.4) is 0 Å². The van der Waals surface area contributed by atoms with Crippen molar-refractivity contribution in [2.24, 2.45) is 0 Å². The molecule has 0 amide bonds. The van der Waals surface area contributed by atoms with Gasteiger partial charge in [0, 0.05) is 5.33 Å². The summed E-state index contributed by atoms with van der Waals surface area (Å²) in [6, 6.07) is 4.41. The lowest BCUT2D eigenvalue weighted by atomic mass is 10.0. The van der Waals surface area contributed by atoms with E-state index in [1.807, 2.05) is 6.92 Å². The first-order valence-corrected chi connectivity index (χ1v) is 6.60. The molecule has 0 N–H and O–H groups in total. The Hall–Kier alpha value is -0.500. The predicted molar refractivity (Wildman–Crippen MR) is 69.2 cm³/mol. The summed E-state index contributed by atoms with van der Waals surface area (Å²) in [7, 11) is 0. The number of alkyl halides is 1. The molecule has 0 aliphatic carbocycles. The van der Waals surface area contributed by atoms with Crippen LogP contribution in [0, 0.1) is 13.8 Å². The van der Waals surface area contributed by atoms with Gasteiger partial charge in [-0.15, -0.1) is 0 Å². The maximum atomic E-state index is 5.57. The number of benzene rings is 1. The molecule has 0 bridgehead atoms. The van der Waals surface area contributed by atoms with Crippen LogP contribution in [0.2, 0.25) is 0 Å². The van der Waals surface area contributed by atoms with Crippen LogP contribution in [-0.2, 0) is 6.42 Å². The summed E-state index contributed by atoms with van der Waals surface area (Å²) >= 11 is 3.46. The predicted octanol–water partition coefficient (Wildman–Crippen LogP) is 4.03. The van der Waals surface area contributed by atoms with Crippen LogP contribution in [-0.4, -0.2) is 11.9 Å². The van der Waals surface area contributed by atoms with Gasteiger partial charge in [-0.1, -0.05) is 22.0 Å². The van der Waals surface area contributed by atoms with Crippen LogP contribution in [0.5, 0.6) is 5.75 Å². The number of aryl methyl sites for hydroxylation is 3. The average Bonchev–Trinajstić information content (AvgIpc) is 2.21. The second-order valence-electron chi connectivity index (χ2n) is 3.77. The monoisotopic (exact) mass is 270 g/mol. The van der Waals surface area contributed by atoms with Crippen molar-refractivity contribution in [3.63, 3.8) is 0 Å². The van der Waals surface area contributed by atoms with E-state index in [1.165, 1.54) is 23.1 Å². The molecule has 0 radical (unpaired) electrons. The molecule has 1 aromatic carbocycles. The Bertz CT molecular complexity index is 321. The summed E-state index contributed by atoms with van der Waals surface area (Å²) < 4.78 is 5.57. The van der Waals surface area contributed by atoms with Crippen LogP contribution in [0.15, 0.2) is 12.1 Å². The highest BCUT2D eigenvalue weighted by atomic mass is 79.9. The number of hydrogen-bond donors (Lipinski definition) is 0. The van der Waals surface area contributed by atoms with Gasteiger partial charge in [-0.05, 0) is 56.4 Å². The van der Waals surface area contributed by atoms with E-state index < -0.39 is 0 Å². The van der Waals surface area contributed by atoms with E-state index in [9.17, 15) is 0 Å². The van der Waals surface area contributed by atoms with Crippen LogP contribution in [0.25, 0.3) is 0 Å². The molecule has 0 saturated carbocycles. The fourth-order valence-electron chi connectivity index (χ4n) is 1.69. The van der Waals surface area contributed by atoms with Crippen LogP contribution in [0.4, 0.5) is 0 Å². The first-order chi connectivity index (χ1) is 7.19. The summed E-state index contributed by atoms with van der Waals surface area (Å²) in [6.45, 7) is 7.03. The Labute approximate surface area is 101 Å². The molecule has 0 aromatic heterocycles. The summed E-state index contributed by atoms with van der Waals surface area (Å²) in [5.41, 5.74) is 4.02. The van der Waals surface area contributed by atoms with Crippen molar-refractivity contribution in [3.8, 4) is 5.75 Å². The molecule has 1 nitrogen and oxygen atoms in total. The van der Waals surface area contributed by atoms with Gasteiger partial charge in [-0.2, -0.15) is 0 Å². The van der Waals surface area contributed by atoms with E-state index in [1.54, 1.807) is 0 Å². The van der Waals surface area contributed by atoms with Crippen LogP contribution in [0.1, 0.15) is 30.0 Å². The van der Waals surface area contributed by atoms with Crippen molar-refractivity contribution in [1.82, 2.24) is 0 Å². The molecule has 84 valence electrons. The van der Waals surface area contributed by atoms with Crippen molar-refractivity contribution >= 4 is 15.9 Å². The molecule has 1 aromatic rings. The van der Waals surface area contributed by atoms with Gasteiger partial charge >= 0.3 is 0 Å². The van der Waals surface area contributed by atoms with E-state index in [0.29, 0.717) is 0 Å². The molecule has 0 spiro atoms. The lowest BCUT2D eigenvalue weighted by Gasteiger charge is -2.12. The molecule has 0 fully saturated rings. The number of hydrogen-bond acceptors (Lipinski definition) is 1. The Kier molecular flexibility index (Phi) is 5.16. The molecule has 0 heterocycles. The van der Waals surface area contributed by atoms with Crippen molar-refractivity contribution in [1.29, 1.82) is 0 Å². The standard InChI is InChI=1S/C13H19BrO/c1-4-15-13-9-10(2)12(6-5-7-14)8-11(13)3/h8-9H,4-7H2,1-3H3. The van der Waals surface area contributed by atoms with E-state index in [4.69, 9.17) is 4.74 Å². The largest absolute Gasteiger partial charge is 0.494 e. The maximum absolute atomic E-state index is 5.57. The summed E-state index contributed by atoms with van der Waals surface area (Å²) in [5.74, 6) is 1.03. The fraction of sp³-hybridized carbons (Fsp3) is 0.538. The lowest BCUT2D eigenvalue weighted by Crippen LogP contribution is -1.98. The quantitative estimate of drug-likeness (QED) is 0.735. The maximum Gasteiger partial charge on any atom is 0.122 e. The SMILES string of the molecule is CCOc1cc(C)c(CCCBr)cc1C. The zero-order chi connectivity index (χ0) is 11.3. The molecular formula is C13H19BrO. The zero-order valence-electron chi connectivity index (χ0n) is 9.77. The molecule has 0 aliphatic rings. The third-order valence-electron chi connectivity index (χ3n) is 2.51. The number of rotatable bonds is 5. The van der Waals surface area contributed by atoms with Crippen molar-refractivity contribution in [2.45, 2.75) is 33.6 Å². The average molecular weight is 271 g/mol. The van der Waals surface area contributed by atoms with Crippen LogP contribution >= 0.6 is 15.9 Å². The molecule has 0 unspecified atom stereocenters. The molecular weight excluding hydrogens is 252 g/mol. The topological polar surface area (TPSA) is 9.23 Å². The minimum atomic E-state index is 0.737. The Morgan fingerprint density at radius 2 is 1.93 bits per heavy atom. The number of ether oxygens (including phenoxy) is 1. The number of halogens is 1. The first kappa shape index (κ1) is 12.6. The van der Waals surface area contributed by atoms with Gasteiger partial charge in [0.1, 0.15) is 5.75 Å².